The van der Waals surface area contributed by atoms with Crippen molar-refractivity contribution in [1.82, 2.24) is 10.5 Å². The summed E-state index contributed by atoms with van der Waals surface area (Å²) in [7, 11) is 1.29. The number of carbonyl (C=O) groups excluding carboxylic acids is 2. The Kier molecular flexibility index (Phi) is 6.38. The van der Waals surface area contributed by atoms with Gasteiger partial charge in [-0.25, -0.2) is 4.79 Å². The number of rotatable bonds is 5. The Morgan fingerprint density at radius 2 is 2.09 bits per heavy atom. The number of nitrogens with one attached hydrogen (secondary N) is 1. The summed E-state index contributed by atoms with van der Waals surface area (Å²) < 4.78 is 10.6. The van der Waals surface area contributed by atoms with E-state index in [4.69, 9.17) is 9.68 Å². The van der Waals surface area contributed by atoms with Crippen molar-refractivity contribution in [2.75, 3.05) is 20.3 Å². The number of esters is 1. The Morgan fingerprint density at radius 3 is 2.74 bits per heavy atom. The molecule has 0 aromatic rings. The lowest BCUT2D eigenvalue weighted by Gasteiger charge is -2.37. The van der Waals surface area contributed by atoms with E-state index < -0.39 is 12.0 Å². The second-order valence-electron chi connectivity index (χ2n) is 6.87. The number of hydrogen-bond acceptors (Lipinski definition) is 6. The molecule has 0 radical (unpaired) electrons. The first-order valence-corrected chi connectivity index (χ1v) is 8.35. The number of amides is 1. The first-order valence-electron chi connectivity index (χ1n) is 8.35. The van der Waals surface area contributed by atoms with Crippen LogP contribution in [0.15, 0.2) is 0 Å². The quantitative estimate of drug-likeness (QED) is 0.766. The van der Waals surface area contributed by atoms with E-state index in [0.717, 1.165) is 17.9 Å². The van der Waals surface area contributed by atoms with Crippen LogP contribution in [0.25, 0.3) is 0 Å². The second-order valence-corrected chi connectivity index (χ2v) is 6.87. The number of methoxy groups -OCH3 is 1. The summed E-state index contributed by atoms with van der Waals surface area (Å²) in [5.74, 6) is 0.724. The maximum absolute atomic E-state index is 12.3. The summed E-state index contributed by atoms with van der Waals surface area (Å²) in [5, 5.41) is 1.02. The molecule has 3 unspecified atom stereocenters. The van der Waals surface area contributed by atoms with Crippen LogP contribution in [-0.2, 0) is 24.0 Å². The molecule has 132 valence electrons. The average molecular weight is 328 g/mol. The molecule has 2 aliphatic rings. The van der Waals surface area contributed by atoms with Crippen molar-refractivity contribution in [1.29, 1.82) is 0 Å². The highest BCUT2D eigenvalue weighted by molar-refractivity contribution is 5.84. The van der Waals surface area contributed by atoms with Gasteiger partial charge < -0.3 is 9.47 Å². The fourth-order valence-electron chi connectivity index (χ4n) is 3.42. The van der Waals surface area contributed by atoms with Gasteiger partial charge in [0, 0.05) is 0 Å². The molecular weight excluding hydrogens is 300 g/mol. The Labute approximate surface area is 137 Å². The Balaban J connectivity index is 1.90. The highest BCUT2D eigenvalue weighted by atomic mass is 16.8. The molecule has 0 bridgehead atoms. The number of ether oxygens (including phenoxy) is 2. The molecular formula is C16H28N2O5. The van der Waals surface area contributed by atoms with Gasteiger partial charge in [0.2, 0.25) is 0 Å². The normalized spacial score (nSPS) is 31.4. The third-order valence-corrected chi connectivity index (χ3v) is 4.82. The van der Waals surface area contributed by atoms with Crippen molar-refractivity contribution in [3.05, 3.63) is 0 Å². The van der Waals surface area contributed by atoms with Crippen LogP contribution in [0, 0.1) is 17.8 Å². The van der Waals surface area contributed by atoms with Crippen LogP contribution in [0.1, 0.15) is 40.0 Å². The molecule has 4 atom stereocenters. The zero-order chi connectivity index (χ0) is 17.0. The van der Waals surface area contributed by atoms with Gasteiger partial charge in [0.15, 0.2) is 6.04 Å². The monoisotopic (exact) mass is 328 g/mol. The van der Waals surface area contributed by atoms with Crippen molar-refractivity contribution in [3.63, 3.8) is 0 Å². The number of carbonyl (C=O) groups is 2. The lowest BCUT2D eigenvalue weighted by atomic mass is 9.75. The van der Waals surface area contributed by atoms with Crippen molar-refractivity contribution >= 4 is 11.9 Å². The average Bonchev–Trinajstić information content (AvgIpc) is 3.01. The molecule has 2 rings (SSSR count). The molecule has 7 heteroatoms. The molecule has 0 aromatic carbocycles. The molecule has 23 heavy (non-hydrogen) atoms. The lowest BCUT2D eigenvalue weighted by Crippen LogP contribution is -2.44. The highest BCUT2D eigenvalue weighted by Crippen LogP contribution is 2.35. The molecule has 7 nitrogen and oxygen atoms in total. The standard InChI is InChI=1S/C16H28N2O5/c1-10(2)12-6-5-11(3)7-14(12)22-9-15(19)18-13(8-17-23-18)16(20)21-4/h10-14,17H,5-9H2,1-4H3/t11?,12?,13-,14?/m0/s1. The van der Waals surface area contributed by atoms with Crippen LogP contribution in [0.5, 0.6) is 0 Å². The Hall–Kier alpha value is -1.18. The van der Waals surface area contributed by atoms with Crippen molar-refractivity contribution in [2.24, 2.45) is 17.8 Å². The summed E-state index contributed by atoms with van der Waals surface area (Å²) in [5.41, 5.74) is 2.54. The van der Waals surface area contributed by atoms with Crippen molar-refractivity contribution in [2.45, 2.75) is 52.2 Å². The van der Waals surface area contributed by atoms with E-state index in [-0.39, 0.29) is 25.2 Å². The molecule has 1 N–H and O–H groups in total. The van der Waals surface area contributed by atoms with Gasteiger partial charge in [-0.15, -0.1) is 0 Å². The lowest BCUT2D eigenvalue weighted by molar-refractivity contribution is -0.204. The summed E-state index contributed by atoms with van der Waals surface area (Å²) in [4.78, 5) is 29.0. The van der Waals surface area contributed by atoms with E-state index in [0.29, 0.717) is 17.8 Å². The van der Waals surface area contributed by atoms with Gasteiger partial charge in [-0.05, 0) is 30.6 Å². The first kappa shape index (κ1) is 18.2. The Bertz CT molecular complexity index is 429. The fourth-order valence-corrected chi connectivity index (χ4v) is 3.42. The molecule has 1 saturated heterocycles. The summed E-state index contributed by atoms with van der Waals surface area (Å²) in [6.45, 7) is 6.73. The van der Waals surface area contributed by atoms with Gasteiger partial charge in [-0.1, -0.05) is 27.2 Å². The van der Waals surface area contributed by atoms with Crippen LogP contribution < -0.4 is 5.48 Å². The minimum Gasteiger partial charge on any atom is -0.467 e. The van der Waals surface area contributed by atoms with Crippen molar-refractivity contribution in [3.8, 4) is 0 Å². The van der Waals surface area contributed by atoms with Crippen LogP contribution in [0.4, 0.5) is 0 Å². The van der Waals surface area contributed by atoms with Gasteiger partial charge in [-0.3, -0.25) is 4.79 Å². The van der Waals surface area contributed by atoms with Crippen LogP contribution in [0.2, 0.25) is 0 Å². The van der Waals surface area contributed by atoms with Crippen LogP contribution in [-0.4, -0.2) is 49.3 Å². The summed E-state index contributed by atoms with van der Waals surface area (Å²) in [6, 6.07) is -0.762. The number of hydrogen-bond donors (Lipinski definition) is 1. The predicted molar refractivity (Wildman–Crippen MR) is 82.8 cm³/mol. The SMILES string of the molecule is COC(=O)[C@@H]1CNON1C(=O)COC1CC(C)CCC1C(C)C. The first-order chi connectivity index (χ1) is 10.9. The van der Waals surface area contributed by atoms with E-state index in [1.54, 1.807) is 0 Å². The van der Waals surface area contributed by atoms with Gasteiger partial charge >= 0.3 is 5.97 Å². The van der Waals surface area contributed by atoms with E-state index in [2.05, 4.69) is 31.0 Å². The summed E-state index contributed by atoms with van der Waals surface area (Å²) >= 11 is 0. The molecule has 1 amide bonds. The van der Waals surface area contributed by atoms with E-state index in [1.807, 2.05) is 0 Å². The molecule has 2 fully saturated rings. The molecule has 1 saturated carbocycles. The summed E-state index contributed by atoms with van der Waals surface area (Å²) in [6.07, 6.45) is 3.38. The number of nitrogens with zero attached hydrogens (tertiary/aromatic N) is 1. The fraction of sp³-hybridized carbons (Fsp3) is 0.875. The number of hydroxylamine groups is 3. The topological polar surface area (TPSA) is 77.1 Å². The minimum absolute atomic E-state index is 0.0786. The van der Waals surface area contributed by atoms with E-state index in [9.17, 15) is 9.59 Å². The van der Waals surface area contributed by atoms with E-state index >= 15 is 0 Å². The molecule has 1 aliphatic carbocycles. The van der Waals surface area contributed by atoms with Crippen LogP contribution in [0.3, 0.4) is 0 Å². The van der Waals surface area contributed by atoms with Gasteiger partial charge in [0.25, 0.3) is 5.91 Å². The predicted octanol–water partition coefficient (Wildman–Crippen LogP) is 1.28. The minimum atomic E-state index is -0.762. The zero-order valence-electron chi connectivity index (χ0n) is 14.4. The maximum Gasteiger partial charge on any atom is 0.332 e. The largest absolute Gasteiger partial charge is 0.467 e. The third kappa shape index (κ3) is 4.43. The second kappa shape index (κ2) is 8.08. The third-order valence-electron chi connectivity index (χ3n) is 4.82. The zero-order valence-corrected chi connectivity index (χ0v) is 14.4. The molecule has 0 spiro atoms. The molecule has 1 aliphatic heterocycles. The van der Waals surface area contributed by atoms with Crippen molar-refractivity contribution < 1.29 is 24.0 Å². The highest BCUT2D eigenvalue weighted by Gasteiger charge is 2.38. The molecule has 1 heterocycles. The smallest absolute Gasteiger partial charge is 0.332 e. The molecule has 0 aromatic heterocycles. The Morgan fingerprint density at radius 1 is 1.35 bits per heavy atom. The maximum atomic E-state index is 12.3. The van der Waals surface area contributed by atoms with Gasteiger partial charge in [-0.2, -0.15) is 15.5 Å². The van der Waals surface area contributed by atoms with Gasteiger partial charge in [0.1, 0.15) is 6.61 Å². The van der Waals surface area contributed by atoms with Crippen LogP contribution >= 0.6 is 0 Å². The van der Waals surface area contributed by atoms with E-state index in [1.165, 1.54) is 13.5 Å². The van der Waals surface area contributed by atoms with Gasteiger partial charge in [0.05, 0.1) is 19.8 Å².